The third-order valence-electron chi connectivity index (χ3n) is 5.02. The lowest BCUT2D eigenvalue weighted by molar-refractivity contribution is 0.629. The van der Waals surface area contributed by atoms with Crippen LogP contribution in [0.3, 0.4) is 0 Å². The Morgan fingerprint density at radius 3 is 2.45 bits per heavy atom. The molecule has 1 saturated carbocycles. The van der Waals surface area contributed by atoms with Crippen molar-refractivity contribution >= 4 is 28.4 Å². The summed E-state index contributed by atoms with van der Waals surface area (Å²) in [5.74, 6) is 1.86. The second-order valence-corrected chi connectivity index (χ2v) is 9.34. The molecular weight excluding hydrogens is 389 g/mol. The van der Waals surface area contributed by atoms with E-state index in [1.165, 1.54) is 18.9 Å². The average Bonchev–Trinajstić information content (AvgIpc) is 3.44. The molecule has 0 bridgehead atoms. The Bertz CT molecular complexity index is 1050. The number of nitrogens with zero attached hydrogens (tertiary/aromatic N) is 3. The Hall–Kier alpha value is -2.76. The van der Waals surface area contributed by atoms with E-state index in [0.717, 1.165) is 45.3 Å². The van der Waals surface area contributed by atoms with Crippen molar-refractivity contribution < 1.29 is 4.39 Å². The summed E-state index contributed by atoms with van der Waals surface area (Å²) in [5.41, 5.74) is 4.45. The minimum atomic E-state index is -0.321. The topological polar surface area (TPSA) is 66.0 Å². The van der Waals surface area contributed by atoms with Crippen LogP contribution in [0.4, 0.5) is 16.0 Å². The minimum Gasteiger partial charge on any atom is -0.351 e. The molecule has 3 aromatic rings. The van der Waals surface area contributed by atoms with Crippen molar-refractivity contribution in [3.05, 3.63) is 35.9 Å². The predicted octanol–water partition coefficient (Wildman–Crippen LogP) is 7.06. The molecule has 0 radical (unpaired) electrons. The molecule has 1 aliphatic rings. The van der Waals surface area contributed by atoms with Gasteiger partial charge in [0.25, 0.3) is 0 Å². The molecule has 0 saturated heterocycles. The largest absolute Gasteiger partial charge is 0.351 e. The summed E-state index contributed by atoms with van der Waals surface area (Å²) >= 11 is 0. The van der Waals surface area contributed by atoms with Gasteiger partial charge in [0.1, 0.15) is 17.2 Å². The van der Waals surface area contributed by atoms with E-state index in [4.69, 9.17) is 0 Å². The van der Waals surface area contributed by atoms with Crippen molar-refractivity contribution in [1.29, 1.82) is 0 Å². The highest BCUT2D eigenvalue weighted by Gasteiger charge is 2.28. The number of aliphatic imine (C=N–C) groups is 1. The highest BCUT2D eigenvalue weighted by molar-refractivity contribution is 5.94. The Morgan fingerprint density at radius 2 is 1.87 bits per heavy atom. The maximum absolute atomic E-state index is 14.6. The van der Waals surface area contributed by atoms with Crippen molar-refractivity contribution in [3.8, 4) is 11.1 Å². The van der Waals surface area contributed by atoms with Crippen LogP contribution in [0.1, 0.15) is 59.9 Å². The van der Waals surface area contributed by atoms with Crippen LogP contribution >= 0.6 is 0 Å². The molecular formula is C25H34FN5. The molecule has 5 nitrogen and oxygen atoms in total. The van der Waals surface area contributed by atoms with Crippen molar-refractivity contribution in [1.82, 2.24) is 15.0 Å². The van der Waals surface area contributed by atoms with E-state index < -0.39 is 0 Å². The van der Waals surface area contributed by atoms with Gasteiger partial charge >= 0.3 is 0 Å². The molecule has 166 valence electrons. The van der Waals surface area contributed by atoms with Crippen LogP contribution in [0, 0.1) is 24.6 Å². The van der Waals surface area contributed by atoms with E-state index in [1.54, 1.807) is 6.20 Å². The third-order valence-corrected chi connectivity index (χ3v) is 5.02. The number of hydrogen-bond donors (Lipinski definition) is 2. The van der Waals surface area contributed by atoms with Crippen LogP contribution in [0.15, 0.2) is 29.5 Å². The highest BCUT2D eigenvalue weighted by Crippen LogP contribution is 2.35. The standard InChI is InChI=1S/C21H24FN5.C4H10/c1-11(2)25-19-12(3)7-15(8-18(19)22)16-9-23-20-17(16)10-24-21(27-20)26-13(4)14-5-6-14;1-4(2)3/h7-10,13-14H,5-6H2,1-4H3,(H2,23,24,26,27);4H,1-3H3/t13-;/m1./s1. The Labute approximate surface area is 184 Å². The lowest BCUT2D eigenvalue weighted by atomic mass is 10.0. The Balaban J connectivity index is 0.000000628. The second-order valence-electron chi connectivity index (χ2n) is 9.34. The molecule has 1 aliphatic carbocycles. The van der Waals surface area contributed by atoms with Crippen molar-refractivity contribution in [2.75, 3.05) is 5.32 Å². The summed E-state index contributed by atoms with van der Waals surface area (Å²) in [5, 5.41) is 4.25. The number of H-pyrrole nitrogens is 1. The number of anilines is 1. The second kappa shape index (κ2) is 9.58. The first-order chi connectivity index (χ1) is 14.7. The molecule has 31 heavy (non-hydrogen) atoms. The fraction of sp³-hybridized carbons (Fsp3) is 0.480. The van der Waals surface area contributed by atoms with Gasteiger partial charge in [-0.2, -0.15) is 4.98 Å². The summed E-state index contributed by atoms with van der Waals surface area (Å²) in [7, 11) is 0. The van der Waals surface area contributed by atoms with Crippen LogP contribution in [0.5, 0.6) is 0 Å². The molecule has 0 unspecified atom stereocenters. The summed E-state index contributed by atoms with van der Waals surface area (Å²) < 4.78 is 14.6. The van der Waals surface area contributed by atoms with Gasteiger partial charge in [0.15, 0.2) is 0 Å². The van der Waals surface area contributed by atoms with Gasteiger partial charge in [-0.1, -0.05) is 20.8 Å². The molecule has 1 aromatic carbocycles. The number of fused-ring (bicyclic) bond motifs is 1. The summed E-state index contributed by atoms with van der Waals surface area (Å²) in [6.07, 6.45) is 6.19. The SMILES string of the molecule is CC(C)=Nc1c(C)cc(-c2c[nH]c3nc(N[C@H](C)C4CC4)ncc23)cc1F.CC(C)C. The van der Waals surface area contributed by atoms with E-state index in [9.17, 15) is 4.39 Å². The normalized spacial score (nSPS) is 14.2. The molecule has 0 amide bonds. The number of benzene rings is 1. The fourth-order valence-electron chi connectivity index (χ4n) is 3.39. The maximum atomic E-state index is 14.6. The predicted molar refractivity (Wildman–Crippen MR) is 129 cm³/mol. The molecule has 1 atom stereocenters. The monoisotopic (exact) mass is 423 g/mol. The van der Waals surface area contributed by atoms with Crippen molar-refractivity contribution in [2.24, 2.45) is 16.8 Å². The van der Waals surface area contributed by atoms with Gasteiger partial charge in [-0.3, -0.25) is 4.99 Å². The first-order valence-corrected chi connectivity index (χ1v) is 11.1. The van der Waals surface area contributed by atoms with E-state index in [0.29, 0.717) is 17.7 Å². The zero-order valence-corrected chi connectivity index (χ0v) is 19.7. The zero-order valence-electron chi connectivity index (χ0n) is 19.7. The van der Waals surface area contributed by atoms with E-state index >= 15 is 0 Å². The molecule has 0 spiro atoms. The Morgan fingerprint density at radius 1 is 1.19 bits per heavy atom. The van der Waals surface area contributed by atoms with Crippen LogP contribution in [-0.4, -0.2) is 26.7 Å². The number of aromatic nitrogens is 3. The van der Waals surface area contributed by atoms with Crippen molar-refractivity contribution in [3.63, 3.8) is 0 Å². The number of halogens is 1. The van der Waals surface area contributed by atoms with Gasteiger partial charge in [0.2, 0.25) is 5.95 Å². The lowest BCUT2D eigenvalue weighted by Crippen LogP contribution is -2.18. The molecule has 0 aliphatic heterocycles. The smallest absolute Gasteiger partial charge is 0.224 e. The number of aryl methyl sites for hydroxylation is 1. The van der Waals surface area contributed by atoms with Crippen LogP contribution < -0.4 is 5.32 Å². The van der Waals surface area contributed by atoms with Crippen LogP contribution in [0.25, 0.3) is 22.2 Å². The molecule has 6 heteroatoms. The molecule has 4 rings (SSSR count). The first kappa shape index (κ1) is 22.9. The summed E-state index contributed by atoms with van der Waals surface area (Å²) in [4.78, 5) is 16.5. The summed E-state index contributed by atoms with van der Waals surface area (Å²) in [6.45, 7) is 14.3. The minimum absolute atomic E-state index is 0.321. The lowest BCUT2D eigenvalue weighted by Gasteiger charge is -2.12. The molecule has 2 heterocycles. The number of rotatable bonds is 5. The van der Waals surface area contributed by atoms with Gasteiger partial charge < -0.3 is 10.3 Å². The maximum Gasteiger partial charge on any atom is 0.224 e. The van der Waals surface area contributed by atoms with Gasteiger partial charge in [0, 0.05) is 35.1 Å². The van der Waals surface area contributed by atoms with E-state index in [1.807, 2.05) is 33.0 Å². The Kier molecular flexibility index (Phi) is 7.08. The van der Waals surface area contributed by atoms with E-state index in [2.05, 4.69) is 53.0 Å². The zero-order chi connectivity index (χ0) is 22.7. The van der Waals surface area contributed by atoms with Gasteiger partial charge in [-0.15, -0.1) is 0 Å². The summed E-state index contributed by atoms with van der Waals surface area (Å²) in [6, 6.07) is 3.86. The first-order valence-electron chi connectivity index (χ1n) is 11.1. The quantitative estimate of drug-likeness (QED) is 0.432. The van der Waals surface area contributed by atoms with Crippen molar-refractivity contribution in [2.45, 2.75) is 67.3 Å². The van der Waals surface area contributed by atoms with Crippen LogP contribution in [0.2, 0.25) is 0 Å². The van der Waals surface area contributed by atoms with Crippen LogP contribution in [-0.2, 0) is 0 Å². The van der Waals surface area contributed by atoms with Gasteiger partial charge in [-0.25, -0.2) is 9.37 Å². The highest BCUT2D eigenvalue weighted by atomic mass is 19.1. The van der Waals surface area contributed by atoms with Gasteiger partial charge in [0.05, 0.1) is 0 Å². The molecule has 2 N–H and O–H groups in total. The van der Waals surface area contributed by atoms with E-state index in [-0.39, 0.29) is 5.82 Å². The molecule has 2 aromatic heterocycles. The van der Waals surface area contributed by atoms with Gasteiger partial charge in [-0.05, 0) is 75.6 Å². The fourth-order valence-corrected chi connectivity index (χ4v) is 3.39. The molecule has 1 fully saturated rings. The third kappa shape index (κ3) is 5.90. The number of hydrogen-bond acceptors (Lipinski definition) is 4. The average molecular weight is 424 g/mol. The number of nitrogens with one attached hydrogen (secondary N) is 2. The number of aromatic amines is 1.